The molecule has 2 heterocycles. The second-order valence-electron chi connectivity index (χ2n) is 6.76. The number of aryl methyl sites for hydroxylation is 1. The molecule has 1 aromatic rings. The maximum Gasteiger partial charge on any atom is 0.410 e. The first kappa shape index (κ1) is 15.8. The summed E-state index contributed by atoms with van der Waals surface area (Å²) in [6.45, 7) is 6.37. The zero-order chi connectivity index (χ0) is 15.7. The van der Waals surface area contributed by atoms with E-state index < -0.39 is 11.2 Å². The zero-order valence-electron chi connectivity index (χ0n) is 13.2. The van der Waals surface area contributed by atoms with Gasteiger partial charge < -0.3 is 19.3 Å². The van der Waals surface area contributed by atoms with Crippen LogP contribution in [-0.4, -0.2) is 55.2 Å². The summed E-state index contributed by atoms with van der Waals surface area (Å²) in [4.78, 5) is 13.7. The van der Waals surface area contributed by atoms with Gasteiger partial charge in [0.25, 0.3) is 0 Å². The van der Waals surface area contributed by atoms with Crippen LogP contribution in [0.4, 0.5) is 4.79 Å². The van der Waals surface area contributed by atoms with Crippen molar-refractivity contribution in [1.29, 1.82) is 0 Å². The third-order valence-corrected chi connectivity index (χ3v) is 3.50. The molecule has 1 aliphatic rings. The SMILES string of the molecule is Cn1cnnc1CC1(O)CCCN(C(=O)OC(C)(C)C)C1. The zero-order valence-corrected chi connectivity index (χ0v) is 13.2. The van der Waals surface area contributed by atoms with Crippen LogP contribution in [0.3, 0.4) is 0 Å². The average molecular weight is 296 g/mol. The Morgan fingerprint density at radius 2 is 2.24 bits per heavy atom. The third-order valence-electron chi connectivity index (χ3n) is 3.50. The summed E-state index contributed by atoms with van der Waals surface area (Å²) in [7, 11) is 1.84. The second kappa shape index (κ2) is 5.63. The van der Waals surface area contributed by atoms with Gasteiger partial charge in [0.15, 0.2) is 0 Å². The van der Waals surface area contributed by atoms with Crippen LogP contribution in [0.25, 0.3) is 0 Å². The molecule has 1 atom stereocenters. The Morgan fingerprint density at radius 3 is 2.81 bits per heavy atom. The molecule has 0 bridgehead atoms. The van der Waals surface area contributed by atoms with E-state index in [1.165, 1.54) is 0 Å². The summed E-state index contributed by atoms with van der Waals surface area (Å²) >= 11 is 0. The number of hydrogen-bond acceptors (Lipinski definition) is 5. The van der Waals surface area contributed by atoms with Crippen molar-refractivity contribution in [2.75, 3.05) is 13.1 Å². The first-order valence-electron chi connectivity index (χ1n) is 7.22. The summed E-state index contributed by atoms with van der Waals surface area (Å²) < 4.78 is 7.15. The smallest absolute Gasteiger partial charge is 0.410 e. The van der Waals surface area contributed by atoms with Gasteiger partial charge in [0.1, 0.15) is 17.8 Å². The molecule has 1 aliphatic heterocycles. The van der Waals surface area contributed by atoms with E-state index in [1.54, 1.807) is 15.8 Å². The number of carbonyl (C=O) groups is 1. The molecule has 0 aliphatic carbocycles. The monoisotopic (exact) mass is 296 g/mol. The second-order valence-corrected chi connectivity index (χ2v) is 6.76. The van der Waals surface area contributed by atoms with E-state index in [-0.39, 0.29) is 12.6 Å². The fourth-order valence-corrected chi connectivity index (χ4v) is 2.50. The standard InChI is InChI=1S/C14H24N4O3/c1-13(2,3)21-12(19)18-7-5-6-14(20,9-18)8-11-16-15-10-17(11)4/h10,20H,5-9H2,1-4H3. The van der Waals surface area contributed by atoms with Crippen LogP contribution in [0.2, 0.25) is 0 Å². The highest BCUT2D eigenvalue weighted by molar-refractivity contribution is 5.68. The van der Waals surface area contributed by atoms with Crippen molar-refractivity contribution in [3.63, 3.8) is 0 Å². The molecule has 1 N–H and O–H groups in total. The lowest BCUT2D eigenvalue weighted by Crippen LogP contribution is -2.52. The van der Waals surface area contributed by atoms with Gasteiger partial charge in [0, 0.05) is 20.0 Å². The van der Waals surface area contributed by atoms with Gasteiger partial charge in [-0.2, -0.15) is 0 Å². The number of hydrogen-bond donors (Lipinski definition) is 1. The molecule has 7 heteroatoms. The van der Waals surface area contributed by atoms with Crippen molar-refractivity contribution in [1.82, 2.24) is 19.7 Å². The molecule has 21 heavy (non-hydrogen) atoms. The van der Waals surface area contributed by atoms with Crippen LogP contribution < -0.4 is 0 Å². The molecule has 0 spiro atoms. The van der Waals surface area contributed by atoms with E-state index >= 15 is 0 Å². The van der Waals surface area contributed by atoms with Gasteiger partial charge in [0.05, 0.1) is 12.1 Å². The number of aromatic nitrogens is 3. The Balaban J connectivity index is 2.02. The van der Waals surface area contributed by atoms with Gasteiger partial charge in [-0.05, 0) is 33.6 Å². The topological polar surface area (TPSA) is 80.5 Å². The molecule has 1 saturated heterocycles. The molecule has 0 saturated carbocycles. The number of carbonyl (C=O) groups excluding carboxylic acids is 1. The van der Waals surface area contributed by atoms with Crippen molar-refractivity contribution in [3.8, 4) is 0 Å². The van der Waals surface area contributed by atoms with Crippen molar-refractivity contribution in [2.24, 2.45) is 7.05 Å². The summed E-state index contributed by atoms with van der Waals surface area (Å²) in [6, 6.07) is 0. The number of rotatable bonds is 2. The molecule has 1 amide bonds. The Morgan fingerprint density at radius 1 is 1.52 bits per heavy atom. The van der Waals surface area contributed by atoms with Crippen molar-refractivity contribution in [3.05, 3.63) is 12.2 Å². The number of ether oxygens (including phenoxy) is 1. The normalized spacial score (nSPS) is 23.2. The Kier molecular flexibility index (Phi) is 4.22. The third kappa shape index (κ3) is 4.17. The highest BCUT2D eigenvalue weighted by Crippen LogP contribution is 2.25. The van der Waals surface area contributed by atoms with Crippen molar-refractivity contribution in [2.45, 2.75) is 51.2 Å². The fraction of sp³-hybridized carbons (Fsp3) is 0.786. The predicted octanol–water partition coefficient (Wildman–Crippen LogP) is 1.12. The summed E-state index contributed by atoms with van der Waals surface area (Å²) in [5.41, 5.74) is -1.51. The van der Waals surface area contributed by atoms with Gasteiger partial charge in [-0.25, -0.2) is 4.79 Å². The molecule has 0 aromatic carbocycles. The highest BCUT2D eigenvalue weighted by atomic mass is 16.6. The van der Waals surface area contributed by atoms with Crippen molar-refractivity contribution >= 4 is 6.09 Å². The van der Waals surface area contributed by atoms with Gasteiger partial charge in [-0.15, -0.1) is 10.2 Å². The van der Waals surface area contributed by atoms with Gasteiger partial charge in [-0.1, -0.05) is 0 Å². The van der Waals surface area contributed by atoms with E-state index in [0.717, 1.165) is 6.42 Å². The molecule has 2 rings (SSSR count). The van der Waals surface area contributed by atoms with Gasteiger partial charge in [0.2, 0.25) is 0 Å². The first-order valence-corrected chi connectivity index (χ1v) is 7.22. The lowest BCUT2D eigenvalue weighted by molar-refractivity contribution is -0.0437. The van der Waals surface area contributed by atoms with Crippen molar-refractivity contribution < 1.29 is 14.6 Å². The highest BCUT2D eigenvalue weighted by Gasteiger charge is 2.37. The molecule has 0 radical (unpaired) electrons. The van der Waals surface area contributed by atoms with Gasteiger partial charge in [-0.3, -0.25) is 0 Å². The number of β-amino-alcohol motifs (C(OH)–C–C–N with tert-alkyl or cyclic N) is 1. The largest absolute Gasteiger partial charge is 0.444 e. The molecule has 1 unspecified atom stereocenters. The predicted molar refractivity (Wildman–Crippen MR) is 76.7 cm³/mol. The van der Waals surface area contributed by atoms with Gasteiger partial charge >= 0.3 is 6.09 Å². The summed E-state index contributed by atoms with van der Waals surface area (Å²) in [6.07, 6.45) is 2.99. The lowest BCUT2D eigenvalue weighted by atomic mass is 9.89. The van der Waals surface area contributed by atoms with Crippen LogP contribution in [0.1, 0.15) is 39.4 Å². The Bertz CT molecular complexity index is 509. The molecule has 118 valence electrons. The summed E-state index contributed by atoms with van der Waals surface area (Å²) in [5.74, 6) is 0.712. The molecule has 7 nitrogen and oxygen atoms in total. The van der Waals surface area contributed by atoms with E-state index in [0.29, 0.717) is 25.2 Å². The van der Waals surface area contributed by atoms with E-state index in [9.17, 15) is 9.90 Å². The van der Waals surface area contributed by atoms with E-state index in [1.807, 2.05) is 27.8 Å². The van der Waals surface area contributed by atoms with E-state index in [4.69, 9.17) is 4.74 Å². The molecule has 1 aromatic heterocycles. The van der Waals surface area contributed by atoms with Crippen LogP contribution >= 0.6 is 0 Å². The number of aliphatic hydroxyl groups is 1. The minimum Gasteiger partial charge on any atom is -0.444 e. The minimum absolute atomic E-state index is 0.259. The first-order chi connectivity index (χ1) is 9.69. The number of nitrogens with zero attached hydrogens (tertiary/aromatic N) is 4. The Hall–Kier alpha value is -1.63. The van der Waals surface area contributed by atoms with Crippen LogP contribution in [-0.2, 0) is 18.2 Å². The lowest BCUT2D eigenvalue weighted by Gasteiger charge is -2.39. The maximum atomic E-state index is 12.1. The fourth-order valence-electron chi connectivity index (χ4n) is 2.50. The Labute approximate surface area is 124 Å². The molecular weight excluding hydrogens is 272 g/mol. The number of piperidine rings is 1. The maximum absolute atomic E-state index is 12.1. The van der Waals surface area contributed by atoms with Crippen LogP contribution in [0.5, 0.6) is 0 Å². The van der Waals surface area contributed by atoms with Crippen LogP contribution in [0, 0.1) is 0 Å². The summed E-state index contributed by atoms with van der Waals surface area (Å²) in [5, 5.41) is 18.6. The van der Waals surface area contributed by atoms with E-state index in [2.05, 4.69) is 10.2 Å². The number of likely N-dealkylation sites (tertiary alicyclic amines) is 1. The molecule has 1 fully saturated rings. The molecular formula is C14H24N4O3. The van der Waals surface area contributed by atoms with Crippen LogP contribution in [0.15, 0.2) is 6.33 Å². The quantitative estimate of drug-likeness (QED) is 0.884. The number of amides is 1. The minimum atomic E-state index is -0.976. The average Bonchev–Trinajstić information content (AvgIpc) is 2.72.